The van der Waals surface area contributed by atoms with E-state index in [0.717, 1.165) is 11.1 Å². The zero-order chi connectivity index (χ0) is 18.5. The highest BCUT2D eigenvalue weighted by Gasteiger charge is 2.13. The predicted octanol–water partition coefficient (Wildman–Crippen LogP) is 2.73. The number of nitrogens with one attached hydrogen (secondary N) is 1. The van der Waals surface area contributed by atoms with Crippen molar-refractivity contribution < 1.29 is 9.18 Å². The number of nitrogens with zero attached hydrogens (tertiary/aromatic N) is 4. The third-order valence-corrected chi connectivity index (χ3v) is 4.82. The number of thioether (sulfide) groups is 1. The fraction of sp³-hybridized carbons (Fsp3) is 0.222. The van der Waals surface area contributed by atoms with E-state index in [1.807, 2.05) is 23.7 Å². The van der Waals surface area contributed by atoms with Crippen LogP contribution in [0.25, 0.3) is 11.4 Å². The molecule has 3 rings (SSSR count). The number of hydrogen-bond donors (Lipinski definition) is 1. The van der Waals surface area contributed by atoms with Crippen LogP contribution >= 0.6 is 11.8 Å². The lowest BCUT2D eigenvalue weighted by Crippen LogP contribution is -2.24. The minimum atomic E-state index is -0.248. The van der Waals surface area contributed by atoms with Crippen LogP contribution in [-0.4, -0.2) is 31.4 Å². The van der Waals surface area contributed by atoms with E-state index in [9.17, 15) is 9.18 Å². The summed E-state index contributed by atoms with van der Waals surface area (Å²) in [6.45, 7) is 2.06. The van der Waals surface area contributed by atoms with Gasteiger partial charge in [-0.05, 0) is 36.2 Å². The van der Waals surface area contributed by atoms with Gasteiger partial charge in [0.15, 0.2) is 11.0 Å². The first-order chi connectivity index (χ1) is 12.5. The molecule has 0 radical (unpaired) electrons. The molecular weight excluding hydrogens is 353 g/mol. The zero-order valence-corrected chi connectivity index (χ0v) is 15.3. The van der Waals surface area contributed by atoms with Crippen LogP contribution in [0.1, 0.15) is 11.1 Å². The van der Waals surface area contributed by atoms with Crippen molar-refractivity contribution in [3.63, 3.8) is 0 Å². The number of amides is 1. The van der Waals surface area contributed by atoms with E-state index in [0.29, 0.717) is 23.1 Å². The summed E-state index contributed by atoms with van der Waals surface area (Å²) in [4.78, 5) is 16.1. The Morgan fingerprint density at radius 1 is 1.31 bits per heavy atom. The van der Waals surface area contributed by atoms with Crippen molar-refractivity contribution in [3.8, 4) is 11.4 Å². The summed E-state index contributed by atoms with van der Waals surface area (Å²) in [6.07, 6.45) is 3.42. The maximum atomic E-state index is 13.3. The van der Waals surface area contributed by atoms with Crippen LogP contribution in [0.2, 0.25) is 0 Å². The van der Waals surface area contributed by atoms with Gasteiger partial charge >= 0.3 is 0 Å². The van der Waals surface area contributed by atoms with Crippen molar-refractivity contribution in [2.75, 3.05) is 5.75 Å². The van der Waals surface area contributed by atoms with E-state index in [1.165, 1.54) is 17.8 Å². The van der Waals surface area contributed by atoms with Crippen molar-refractivity contribution in [2.24, 2.45) is 7.05 Å². The second kappa shape index (κ2) is 8.09. The lowest BCUT2D eigenvalue weighted by Gasteiger charge is -2.07. The summed E-state index contributed by atoms with van der Waals surface area (Å²) >= 11 is 1.31. The smallest absolute Gasteiger partial charge is 0.230 e. The van der Waals surface area contributed by atoms with Crippen molar-refractivity contribution in [2.45, 2.75) is 18.6 Å². The molecule has 1 aromatic carbocycles. The van der Waals surface area contributed by atoms with E-state index in [-0.39, 0.29) is 17.5 Å². The van der Waals surface area contributed by atoms with E-state index in [1.54, 1.807) is 31.5 Å². The topological polar surface area (TPSA) is 72.7 Å². The minimum Gasteiger partial charge on any atom is -0.351 e. The number of aromatic nitrogens is 4. The maximum Gasteiger partial charge on any atom is 0.230 e. The van der Waals surface area contributed by atoms with Gasteiger partial charge in [0.1, 0.15) is 5.82 Å². The van der Waals surface area contributed by atoms with Gasteiger partial charge in [-0.15, -0.1) is 10.2 Å². The highest BCUT2D eigenvalue weighted by atomic mass is 32.2. The summed E-state index contributed by atoms with van der Waals surface area (Å²) < 4.78 is 15.1. The molecule has 3 aromatic rings. The van der Waals surface area contributed by atoms with Crippen molar-refractivity contribution >= 4 is 17.7 Å². The molecule has 2 aromatic heterocycles. The molecule has 26 heavy (non-hydrogen) atoms. The van der Waals surface area contributed by atoms with E-state index in [2.05, 4.69) is 20.5 Å². The van der Waals surface area contributed by atoms with Gasteiger partial charge in [0, 0.05) is 31.5 Å². The Kier molecular flexibility index (Phi) is 5.62. The Morgan fingerprint density at radius 3 is 2.88 bits per heavy atom. The first-order valence-corrected chi connectivity index (χ1v) is 8.97. The SMILES string of the molecule is Cc1cc(CNC(=O)CSc2nnc(-c3cccnc3)n2C)ccc1F. The largest absolute Gasteiger partial charge is 0.351 e. The molecule has 0 unspecified atom stereocenters. The molecule has 0 aliphatic rings. The van der Waals surface area contributed by atoms with Crippen molar-refractivity contribution in [1.29, 1.82) is 0 Å². The van der Waals surface area contributed by atoms with Gasteiger partial charge in [-0.25, -0.2) is 4.39 Å². The molecule has 134 valence electrons. The molecule has 0 saturated carbocycles. The zero-order valence-electron chi connectivity index (χ0n) is 14.4. The molecule has 0 aliphatic carbocycles. The van der Waals surface area contributed by atoms with E-state index >= 15 is 0 Å². The molecule has 1 amide bonds. The van der Waals surface area contributed by atoms with Crippen LogP contribution in [-0.2, 0) is 18.4 Å². The maximum absolute atomic E-state index is 13.3. The molecule has 0 fully saturated rings. The number of carbonyl (C=O) groups is 1. The lowest BCUT2D eigenvalue weighted by atomic mass is 10.1. The number of halogens is 1. The summed E-state index contributed by atoms with van der Waals surface area (Å²) in [5.74, 6) is 0.548. The third-order valence-electron chi connectivity index (χ3n) is 3.80. The van der Waals surface area contributed by atoms with Crippen LogP contribution < -0.4 is 5.32 Å². The first-order valence-electron chi connectivity index (χ1n) is 7.99. The number of rotatable bonds is 6. The monoisotopic (exact) mass is 371 g/mol. The molecular formula is C18H18FN5OS. The Bertz CT molecular complexity index is 913. The van der Waals surface area contributed by atoms with E-state index in [4.69, 9.17) is 0 Å². The van der Waals surface area contributed by atoms with Crippen molar-refractivity contribution in [3.05, 3.63) is 59.7 Å². The standard InChI is InChI=1S/C18H18FN5OS/c1-12-8-13(5-6-15(12)19)9-21-16(25)11-26-18-23-22-17(24(18)2)14-4-3-7-20-10-14/h3-8,10H,9,11H2,1-2H3,(H,21,25). The van der Waals surface area contributed by atoms with Gasteiger partial charge in [0.25, 0.3) is 0 Å². The highest BCUT2D eigenvalue weighted by molar-refractivity contribution is 7.99. The first kappa shape index (κ1) is 18.1. The Balaban J connectivity index is 1.55. The van der Waals surface area contributed by atoms with Crippen LogP contribution in [0.4, 0.5) is 4.39 Å². The van der Waals surface area contributed by atoms with Gasteiger partial charge in [0.05, 0.1) is 5.75 Å². The molecule has 0 bridgehead atoms. The second-order valence-corrected chi connectivity index (χ2v) is 6.70. The van der Waals surface area contributed by atoms with Crippen LogP contribution in [0.15, 0.2) is 47.9 Å². The lowest BCUT2D eigenvalue weighted by molar-refractivity contribution is -0.118. The Hall–Kier alpha value is -2.74. The summed E-state index contributed by atoms with van der Waals surface area (Å²) in [6, 6.07) is 8.54. The van der Waals surface area contributed by atoms with Gasteiger partial charge in [0.2, 0.25) is 5.91 Å². The number of pyridine rings is 1. The Morgan fingerprint density at radius 2 is 2.15 bits per heavy atom. The number of aryl methyl sites for hydroxylation is 1. The molecule has 0 spiro atoms. The van der Waals surface area contributed by atoms with Crippen LogP contribution in [0.3, 0.4) is 0 Å². The molecule has 6 nitrogen and oxygen atoms in total. The van der Waals surface area contributed by atoms with Crippen LogP contribution in [0.5, 0.6) is 0 Å². The number of carbonyl (C=O) groups excluding carboxylic acids is 1. The fourth-order valence-electron chi connectivity index (χ4n) is 2.39. The molecule has 2 heterocycles. The molecule has 8 heteroatoms. The number of benzene rings is 1. The average molecular weight is 371 g/mol. The summed E-state index contributed by atoms with van der Waals surface area (Å²) in [7, 11) is 1.85. The van der Waals surface area contributed by atoms with Crippen molar-refractivity contribution in [1.82, 2.24) is 25.1 Å². The van der Waals surface area contributed by atoms with Gasteiger partial charge in [-0.1, -0.05) is 23.9 Å². The van der Waals surface area contributed by atoms with Gasteiger partial charge < -0.3 is 9.88 Å². The molecule has 0 atom stereocenters. The molecule has 1 N–H and O–H groups in total. The van der Waals surface area contributed by atoms with E-state index < -0.39 is 0 Å². The minimum absolute atomic E-state index is 0.122. The summed E-state index contributed by atoms with van der Waals surface area (Å²) in [5.41, 5.74) is 2.29. The fourth-order valence-corrected chi connectivity index (χ4v) is 3.13. The normalized spacial score (nSPS) is 10.7. The van der Waals surface area contributed by atoms with Gasteiger partial charge in [-0.2, -0.15) is 0 Å². The van der Waals surface area contributed by atoms with Gasteiger partial charge in [-0.3, -0.25) is 9.78 Å². The third kappa shape index (κ3) is 4.26. The molecule has 0 aliphatic heterocycles. The molecule has 0 saturated heterocycles. The van der Waals surface area contributed by atoms with Crippen LogP contribution in [0, 0.1) is 12.7 Å². The highest BCUT2D eigenvalue weighted by Crippen LogP contribution is 2.21. The predicted molar refractivity (Wildman–Crippen MR) is 97.9 cm³/mol. The Labute approximate surface area is 154 Å². The quantitative estimate of drug-likeness (QED) is 0.675. The second-order valence-electron chi connectivity index (χ2n) is 5.76. The number of hydrogen-bond acceptors (Lipinski definition) is 5. The average Bonchev–Trinajstić information content (AvgIpc) is 3.02. The summed E-state index contributed by atoms with van der Waals surface area (Å²) in [5, 5.41) is 11.8.